The van der Waals surface area contributed by atoms with Crippen LogP contribution in [0.15, 0.2) is 0 Å². The molecule has 0 aromatic carbocycles. The van der Waals surface area contributed by atoms with Gasteiger partial charge in [-0.1, -0.05) is 0 Å². The number of nitrogens with zero attached hydrogens (tertiary/aromatic N) is 1. The average Bonchev–Trinajstić information content (AvgIpc) is 2.94. The largest absolute Gasteiger partial charge is 0.381 e. The quantitative estimate of drug-likeness (QED) is 0.760. The van der Waals surface area contributed by atoms with Crippen LogP contribution in [0.1, 0.15) is 32.1 Å². The summed E-state index contributed by atoms with van der Waals surface area (Å²) >= 11 is 0. The SMILES string of the molecule is COC1CC(N2CCC(CNC3CC3)C2)C1. The van der Waals surface area contributed by atoms with Gasteiger partial charge in [-0.05, 0) is 51.1 Å². The van der Waals surface area contributed by atoms with Crippen molar-refractivity contribution in [2.45, 2.75) is 50.3 Å². The molecule has 3 fully saturated rings. The molecular formula is C13H24N2O. The van der Waals surface area contributed by atoms with E-state index in [0.717, 1.165) is 18.0 Å². The molecule has 3 nitrogen and oxygen atoms in total. The van der Waals surface area contributed by atoms with Crippen LogP contribution in [-0.2, 0) is 4.74 Å². The number of nitrogens with one attached hydrogen (secondary N) is 1. The van der Waals surface area contributed by atoms with Crippen molar-refractivity contribution in [1.82, 2.24) is 10.2 Å². The molecule has 1 aliphatic heterocycles. The van der Waals surface area contributed by atoms with Crippen molar-refractivity contribution in [2.24, 2.45) is 5.92 Å². The Balaban J connectivity index is 1.36. The zero-order valence-electron chi connectivity index (χ0n) is 10.3. The highest BCUT2D eigenvalue weighted by Gasteiger charge is 2.37. The number of ether oxygens (including phenoxy) is 1. The predicted molar refractivity (Wildman–Crippen MR) is 64.5 cm³/mol. The van der Waals surface area contributed by atoms with E-state index < -0.39 is 0 Å². The van der Waals surface area contributed by atoms with Gasteiger partial charge >= 0.3 is 0 Å². The summed E-state index contributed by atoms with van der Waals surface area (Å²) in [5, 5.41) is 3.66. The monoisotopic (exact) mass is 224 g/mol. The molecule has 1 atom stereocenters. The Labute approximate surface area is 98.5 Å². The van der Waals surface area contributed by atoms with Crippen molar-refractivity contribution in [1.29, 1.82) is 0 Å². The van der Waals surface area contributed by atoms with Crippen LogP contribution in [0.25, 0.3) is 0 Å². The maximum atomic E-state index is 5.35. The minimum atomic E-state index is 0.550. The third kappa shape index (κ3) is 2.41. The summed E-state index contributed by atoms with van der Waals surface area (Å²) in [5.74, 6) is 0.905. The Morgan fingerprint density at radius 3 is 2.75 bits per heavy atom. The smallest absolute Gasteiger partial charge is 0.0601 e. The van der Waals surface area contributed by atoms with Gasteiger partial charge in [0.15, 0.2) is 0 Å². The van der Waals surface area contributed by atoms with Gasteiger partial charge < -0.3 is 10.1 Å². The number of rotatable bonds is 5. The van der Waals surface area contributed by atoms with E-state index in [0.29, 0.717) is 6.10 Å². The third-order valence-electron chi connectivity index (χ3n) is 4.51. The van der Waals surface area contributed by atoms with Crippen LogP contribution < -0.4 is 5.32 Å². The maximum Gasteiger partial charge on any atom is 0.0601 e. The second-order valence-electron chi connectivity index (χ2n) is 5.82. The van der Waals surface area contributed by atoms with E-state index in [1.165, 1.54) is 51.7 Å². The summed E-state index contributed by atoms with van der Waals surface area (Å²) in [5.41, 5.74) is 0. The van der Waals surface area contributed by atoms with Crippen LogP contribution in [0.3, 0.4) is 0 Å². The van der Waals surface area contributed by atoms with E-state index in [4.69, 9.17) is 4.74 Å². The van der Waals surface area contributed by atoms with Crippen LogP contribution in [0.2, 0.25) is 0 Å². The minimum absolute atomic E-state index is 0.550. The first-order valence-electron chi connectivity index (χ1n) is 6.85. The van der Waals surface area contributed by atoms with E-state index >= 15 is 0 Å². The third-order valence-corrected chi connectivity index (χ3v) is 4.51. The lowest BCUT2D eigenvalue weighted by atomic mass is 9.88. The fourth-order valence-electron chi connectivity index (χ4n) is 3.01. The molecular weight excluding hydrogens is 200 g/mol. The molecule has 3 rings (SSSR count). The molecule has 0 amide bonds. The molecule has 3 heteroatoms. The fraction of sp³-hybridized carbons (Fsp3) is 1.00. The Morgan fingerprint density at radius 2 is 2.06 bits per heavy atom. The van der Waals surface area contributed by atoms with Gasteiger partial charge in [0.2, 0.25) is 0 Å². The average molecular weight is 224 g/mol. The van der Waals surface area contributed by atoms with Crippen molar-refractivity contribution in [3.05, 3.63) is 0 Å². The Hall–Kier alpha value is -0.120. The molecule has 2 saturated carbocycles. The predicted octanol–water partition coefficient (Wildman–Crippen LogP) is 1.24. The number of likely N-dealkylation sites (tertiary alicyclic amines) is 1. The van der Waals surface area contributed by atoms with Crippen LogP contribution >= 0.6 is 0 Å². The second-order valence-corrected chi connectivity index (χ2v) is 5.82. The van der Waals surface area contributed by atoms with Gasteiger partial charge in [-0.3, -0.25) is 4.90 Å². The van der Waals surface area contributed by atoms with E-state index in [9.17, 15) is 0 Å². The van der Waals surface area contributed by atoms with Crippen molar-refractivity contribution in [3.8, 4) is 0 Å². The molecule has 1 unspecified atom stereocenters. The summed E-state index contributed by atoms with van der Waals surface area (Å²) in [4.78, 5) is 2.69. The van der Waals surface area contributed by atoms with Gasteiger partial charge in [-0.2, -0.15) is 0 Å². The van der Waals surface area contributed by atoms with Crippen LogP contribution in [0.5, 0.6) is 0 Å². The summed E-state index contributed by atoms with van der Waals surface area (Å²) in [6.07, 6.45) is 7.30. The molecule has 0 spiro atoms. The van der Waals surface area contributed by atoms with Gasteiger partial charge in [0.05, 0.1) is 6.10 Å². The van der Waals surface area contributed by atoms with E-state index in [2.05, 4.69) is 10.2 Å². The molecule has 16 heavy (non-hydrogen) atoms. The van der Waals surface area contributed by atoms with Crippen molar-refractivity contribution in [3.63, 3.8) is 0 Å². The lowest BCUT2D eigenvalue weighted by Gasteiger charge is -2.40. The summed E-state index contributed by atoms with van der Waals surface area (Å²) in [7, 11) is 1.84. The summed E-state index contributed by atoms with van der Waals surface area (Å²) in [6, 6.07) is 1.70. The van der Waals surface area contributed by atoms with Gasteiger partial charge in [0.25, 0.3) is 0 Å². The Kier molecular flexibility index (Phi) is 3.18. The number of methoxy groups -OCH3 is 1. The molecule has 0 radical (unpaired) electrons. The highest BCUT2D eigenvalue weighted by molar-refractivity contribution is 4.92. The van der Waals surface area contributed by atoms with E-state index in [1.807, 2.05) is 7.11 Å². The van der Waals surface area contributed by atoms with Crippen molar-refractivity contribution < 1.29 is 4.74 Å². The maximum absolute atomic E-state index is 5.35. The lowest BCUT2D eigenvalue weighted by Crippen LogP contribution is -2.47. The molecule has 1 N–H and O–H groups in total. The first kappa shape index (κ1) is 11.0. The van der Waals surface area contributed by atoms with Crippen LogP contribution in [-0.4, -0.2) is 49.8 Å². The molecule has 0 aromatic rings. The molecule has 0 bridgehead atoms. The number of hydrogen-bond donors (Lipinski definition) is 1. The minimum Gasteiger partial charge on any atom is -0.381 e. The van der Waals surface area contributed by atoms with Gasteiger partial charge in [-0.25, -0.2) is 0 Å². The van der Waals surface area contributed by atoms with E-state index in [-0.39, 0.29) is 0 Å². The van der Waals surface area contributed by atoms with Gasteiger partial charge in [0.1, 0.15) is 0 Å². The van der Waals surface area contributed by atoms with Crippen LogP contribution in [0, 0.1) is 5.92 Å². The van der Waals surface area contributed by atoms with Crippen LogP contribution in [0.4, 0.5) is 0 Å². The molecule has 2 aliphatic carbocycles. The van der Waals surface area contributed by atoms with Gasteiger partial charge in [0, 0.05) is 25.7 Å². The van der Waals surface area contributed by atoms with Crippen molar-refractivity contribution in [2.75, 3.05) is 26.7 Å². The first-order valence-corrected chi connectivity index (χ1v) is 6.85. The highest BCUT2D eigenvalue weighted by Crippen LogP contribution is 2.31. The molecule has 1 heterocycles. The zero-order chi connectivity index (χ0) is 11.0. The molecule has 0 aromatic heterocycles. The topological polar surface area (TPSA) is 24.5 Å². The lowest BCUT2D eigenvalue weighted by molar-refractivity contribution is -0.0211. The molecule has 3 aliphatic rings. The van der Waals surface area contributed by atoms with E-state index in [1.54, 1.807) is 0 Å². The highest BCUT2D eigenvalue weighted by atomic mass is 16.5. The summed E-state index contributed by atoms with van der Waals surface area (Å²) in [6.45, 7) is 3.89. The molecule has 92 valence electrons. The Morgan fingerprint density at radius 1 is 1.25 bits per heavy atom. The number of hydrogen-bond acceptors (Lipinski definition) is 3. The first-order chi connectivity index (χ1) is 7.85. The standard InChI is InChI=1S/C13H24N2O/c1-16-13-6-12(7-13)15-5-4-10(9-15)8-14-11-2-3-11/h10-14H,2-9H2,1H3. The summed E-state index contributed by atoms with van der Waals surface area (Å²) < 4.78 is 5.35. The van der Waals surface area contributed by atoms with Crippen molar-refractivity contribution >= 4 is 0 Å². The van der Waals surface area contributed by atoms with Gasteiger partial charge in [-0.15, -0.1) is 0 Å². The normalized spacial score (nSPS) is 39.9. The second kappa shape index (κ2) is 4.63. The Bertz CT molecular complexity index is 236. The fourth-order valence-corrected chi connectivity index (χ4v) is 3.01. The zero-order valence-corrected chi connectivity index (χ0v) is 10.3. The molecule has 1 saturated heterocycles.